The van der Waals surface area contributed by atoms with Crippen LogP contribution in [0, 0.1) is 16.5 Å². The molecule has 0 unspecified atom stereocenters. The molecule has 3 N–H and O–H groups in total. The Balaban J connectivity index is 0.00000306. The molecule has 32 heavy (non-hydrogen) atoms. The van der Waals surface area contributed by atoms with Crippen LogP contribution in [0.1, 0.15) is 39.1 Å². The van der Waals surface area contributed by atoms with Crippen LogP contribution in [0.5, 0.6) is 0 Å². The number of ether oxygens (including phenoxy) is 1. The first kappa shape index (κ1) is 22.7. The first-order valence-corrected chi connectivity index (χ1v) is 12.7. The summed E-state index contributed by atoms with van der Waals surface area (Å²) < 4.78 is 44.3. The summed E-state index contributed by atoms with van der Waals surface area (Å²) in [4.78, 5) is 20.9. The molecule has 3 heterocycles. The van der Waals surface area contributed by atoms with Gasteiger partial charge >= 0.3 is 0 Å². The third kappa shape index (κ3) is 5.13. The van der Waals surface area contributed by atoms with Crippen LogP contribution in [0.4, 0.5) is 15.2 Å². The molecule has 2 aromatic heterocycles. The molecule has 0 spiro atoms. The first-order valence-electron chi connectivity index (χ1n) is 10.4. The van der Waals surface area contributed by atoms with Gasteiger partial charge in [0.25, 0.3) is 0 Å². The van der Waals surface area contributed by atoms with Crippen molar-refractivity contribution in [1.82, 2.24) is 9.97 Å². The van der Waals surface area contributed by atoms with Gasteiger partial charge in [0.1, 0.15) is 6.04 Å². The zero-order valence-electron chi connectivity index (χ0n) is 17.2. The van der Waals surface area contributed by atoms with E-state index in [1.165, 1.54) is 12.4 Å². The molecule has 1 atom stereocenters. The van der Waals surface area contributed by atoms with Crippen LogP contribution in [0.3, 0.4) is 0 Å². The molecular formula is C20H26FN5O4S2. The molecule has 1 aliphatic carbocycles. The van der Waals surface area contributed by atoms with E-state index in [-0.39, 0.29) is 22.9 Å². The Morgan fingerprint density at radius 2 is 2.06 bits per heavy atom. The zero-order chi connectivity index (χ0) is 22.7. The fraction of sp³-hybridized carbons (Fsp3) is 0.500. The summed E-state index contributed by atoms with van der Waals surface area (Å²) in [5, 5.41) is 12.7. The fourth-order valence-electron chi connectivity index (χ4n) is 3.74. The Bertz CT molecular complexity index is 1100. The number of amides is 1. The van der Waals surface area contributed by atoms with Crippen molar-refractivity contribution in [2.45, 2.75) is 48.3 Å². The van der Waals surface area contributed by atoms with E-state index in [4.69, 9.17) is 10.1 Å². The minimum absolute atomic E-state index is 0. The van der Waals surface area contributed by atoms with E-state index in [1.54, 1.807) is 0 Å². The van der Waals surface area contributed by atoms with Gasteiger partial charge in [0, 0.05) is 32.6 Å². The third-order valence-corrected chi connectivity index (χ3v) is 8.62. The lowest BCUT2D eigenvalue weighted by Crippen LogP contribution is -2.38. The highest BCUT2D eigenvalue weighted by atomic mass is 32.2. The van der Waals surface area contributed by atoms with Gasteiger partial charge in [-0.15, -0.1) is 0 Å². The van der Waals surface area contributed by atoms with Crippen molar-refractivity contribution >= 4 is 44.1 Å². The first-order chi connectivity index (χ1) is 15.4. The van der Waals surface area contributed by atoms with E-state index in [0.29, 0.717) is 38.2 Å². The van der Waals surface area contributed by atoms with E-state index in [1.807, 2.05) is 0 Å². The molecule has 1 saturated carbocycles. The molecule has 174 valence electrons. The average Bonchev–Trinajstić information content (AvgIpc) is 3.57. The van der Waals surface area contributed by atoms with Crippen molar-refractivity contribution in [3.8, 4) is 0 Å². The van der Waals surface area contributed by atoms with Crippen molar-refractivity contribution in [2.24, 2.45) is 5.92 Å². The van der Waals surface area contributed by atoms with E-state index in [0.717, 1.165) is 36.6 Å². The SMILES string of the molecule is N=Cc1c(N[C@@H](CC2CCOCC2)C(=O)Nc2ncc(F)s2)cncc1S(=O)(=O)C1CC1.[HH]. The highest BCUT2D eigenvalue weighted by Crippen LogP contribution is 2.36. The van der Waals surface area contributed by atoms with Crippen LogP contribution < -0.4 is 10.6 Å². The van der Waals surface area contributed by atoms with Crippen molar-refractivity contribution in [1.29, 1.82) is 5.41 Å². The summed E-state index contributed by atoms with van der Waals surface area (Å²) in [6.07, 6.45) is 7.91. The molecule has 1 aliphatic heterocycles. The Hall–Kier alpha value is -2.44. The quantitative estimate of drug-likeness (QED) is 0.467. The van der Waals surface area contributed by atoms with Gasteiger partial charge in [0.15, 0.2) is 20.1 Å². The highest BCUT2D eigenvalue weighted by molar-refractivity contribution is 7.92. The number of carbonyl (C=O) groups excluding carboxylic acids is 1. The van der Waals surface area contributed by atoms with E-state index in [9.17, 15) is 17.6 Å². The predicted molar refractivity (Wildman–Crippen MR) is 121 cm³/mol. The van der Waals surface area contributed by atoms with Crippen LogP contribution in [0.2, 0.25) is 0 Å². The summed E-state index contributed by atoms with van der Waals surface area (Å²) in [5.41, 5.74) is 0.469. The number of hydrogen-bond acceptors (Lipinski definition) is 9. The minimum Gasteiger partial charge on any atom is -0.381 e. The van der Waals surface area contributed by atoms with Crippen LogP contribution in [0.25, 0.3) is 0 Å². The lowest BCUT2D eigenvalue weighted by molar-refractivity contribution is -0.117. The smallest absolute Gasteiger partial charge is 0.248 e. The van der Waals surface area contributed by atoms with Crippen LogP contribution >= 0.6 is 11.3 Å². The largest absolute Gasteiger partial charge is 0.381 e. The van der Waals surface area contributed by atoms with Gasteiger partial charge < -0.3 is 20.8 Å². The maximum Gasteiger partial charge on any atom is 0.248 e. The van der Waals surface area contributed by atoms with Crippen LogP contribution in [-0.4, -0.2) is 55.0 Å². The third-order valence-electron chi connectivity index (χ3n) is 5.63. The van der Waals surface area contributed by atoms with Crippen molar-refractivity contribution in [3.63, 3.8) is 0 Å². The second kappa shape index (κ2) is 9.59. The topological polar surface area (TPSA) is 134 Å². The summed E-state index contributed by atoms with van der Waals surface area (Å²) in [5.74, 6) is -0.202. The number of carbonyl (C=O) groups is 1. The lowest BCUT2D eigenvalue weighted by Gasteiger charge is -2.27. The number of nitrogens with one attached hydrogen (secondary N) is 3. The summed E-state index contributed by atoms with van der Waals surface area (Å²) in [6, 6.07) is -0.760. The molecule has 0 bridgehead atoms. The van der Waals surface area contributed by atoms with E-state index < -0.39 is 32.2 Å². The van der Waals surface area contributed by atoms with Crippen molar-refractivity contribution in [3.05, 3.63) is 29.3 Å². The lowest BCUT2D eigenvalue weighted by atomic mass is 9.92. The number of nitrogens with zero attached hydrogens (tertiary/aromatic N) is 2. The standard InChI is InChI=1S/C20H24FN5O4S2.H2/c21-18-11-24-20(31-18)26-19(27)15(7-12-3-5-30-6-4-12)25-16-9-23-10-17(14(16)8-22)32(28,29)13-1-2-13;/h8-13,15,22,25H,1-7H2,(H,24,26,27);1H/t15-;/m0./s1. The predicted octanol–water partition coefficient (Wildman–Crippen LogP) is 3.09. The molecule has 9 nitrogen and oxygen atoms in total. The van der Waals surface area contributed by atoms with Gasteiger partial charge in [-0.2, -0.15) is 4.39 Å². The molecule has 12 heteroatoms. The number of pyridine rings is 1. The average molecular weight is 484 g/mol. The maximum absolute atomic E-state index is 13.3. The molecule has 4 rings (SSSR count). The Morgan fingerprint density at radius 1 is 1.31 bits per heavy atom. The van der Waals surface area contributed by atoms with Gasteiger partial charge in [-0.1, -0.05) is 11.3 Å². The molecule has 2 fully saturated rings. The number of sulfone groups is 1. The summed E-state index contributed by atoms with van der Waals surface area (Å²) >= 11 is 0.724. The number of hydrogen-bond donors (Lipinski definition) is 3. The molecule has 0 radical (unpaired) electrons. The second-order valence-electron chi connectivity index (χ2n) is 7.93. The normalized spacial score (nSPS) is 18.2. The van der Waals surface area contributed by atoms with Crippen molar-refractivity contribution in [2.75, 3.05) is 23.8 Å². The Labute approximate surface area is 190 Å². The maximum atomic E-state index is 13.3. The zero-order valence-corrected chi connectivity index (χ0v) is 18.8. The van der Waals surface area contributed by atoms with Crippen LogP contribution in [0.15, 0.2) is 23.5 Å². The number of anilines is 2. The monoisotopic (exact) mass is 483 g/mol. The molecule has 2 aliphatic rings. The number of thiazole rings is 1. The molecule has 1 amide bonds. The van der Waals surface area contributed by atoms with Gasteiger partial charge in [0.2, 0.25) is 5.91 Å². The van der Waals surface area contributed by atoms with Crippen molar-refractivity contribution < 1.29 is 23.8 Å². The van der Waals surface area contributed by atoms with Gasteiger partial charge in [0.05, 0.1) is 28.2 Å². The molecular weight excluding hydrogens is 457 g/mol. The Morgan fingerprint density at radius 3 is 2.69 bits per heavy atom. The van der Waals surface area contributed by atoms with Gasteiger partial charge in [-0.05, 0) is 38.0 Å². The van der Waals surface area contributed by atoms with Gasteiger partial charge in [-0.25, -0.2) is 13.4 Å². The van der Waals surface area contributed by atoms with E-state index >= 15 is 0 Å². The summed E-state index contributed by atoms with van der Waals surface area (Å²) in [7, 11) is -3.58. The fourth-order valence-corrected chi connectivity index (χ4v) is 6.09. The van der Waals surface area contributed by atoms with Crippen LogP contribution in [-0.2, 0) is 19.4 Å². The summed E-state index contributed by atoms with van der Waals surface area (Å²) in [6.45, 7) is 1.22. The molecule has 0 aromatic carbocycles. The highest BCUT2D eigenvalue weighted by Gasteiger charge is 2.39. The number of halogens is 1. The van der Waals surface area contributed by atoms with Gasteiger partial charge in [-0.3, -0.25) is 9.78 Å². The number of rotatable bonds is 9. The molecule has 2 aromatic rings. The molecule has 1 saturated heterocycles. The Kier molecular flexibility index (Phi) is 6.82. The minimum atomic E-state index is -3.58. The number of aromatic nitrogens is 2. The second-order valence-corrected chi connectivity index (χ2v) is 11.1. The van der Waals surface area contributed by atoms with E-state index in [2.05, 4.69) is 20.6 Å².